The number of methoxy groups -OCH3 is 1. The zero-order valence-corrected chi connectivity index (χ0v) is 15.3. The first-order valence-electron chi connectivity index (χ1n) is 7.87. The molecule has 0 aliphatic rings. The molecule has 0 heterocycles. The number of benzene rings is 2. The van der Waals surface area contributed by atoms with Crippen LogP contribution < -0.4 is 9.46 Å². The van der Waals surface area contributed by atoms with Gasteiger partial charge in [0.05, 0.1) is 18.5 Å². The maximum Gasteiger partial charge on any atom is 0.215 e. The Bertz CT molecular complexity index is 852. The Balaban J connectivity index is 1.99. The molecule has 8 heteroatoms. The van der Waals surface area contributed by atoms with Gasteiger partial charge in [0.1, 0.15) is 17.4 Å². The smallest absolute Gasteiger partial charge is 0.215 e. The largest absolute Gasteiger partial charge is 0.497 e. The Morgan fingerprint density at radius 3 is 2.42 bits per heavy atom. The zero-order chi connectivity index (χ0) is 19.4. The summed E-state index contributed by atoms with van der Waals surface area (Å²) < 4.78 is 58.3. The van der Waals surface area contributed by atoms with Gasteiger partial charge in [-0.3, -0.25) is 0 Å². The molecule has 0 amide bonds. The molecule has 2 rings (SSSR count). The van der Waals surface area contributed by atoms with Gasteiger partial charge in [-0.05, 0) is 42.8 Å². The minimum absolute atomic E-state index is 0.202. The molecule has 142 valence electrons. The summed E-state index contributed by atoms with van der Waals surface area (Å²) in [6.07, 6.45) is 0.202. The molecule has 5 nitrogen and oxygen atoms in total. The maximum atomic E-state index is 13.6. The second kappa shape index (κ2) is 8.11. The molecule has 26 heavy (non-hydrogen) atoms. The summed E-state index contributed by atoms with van der Waals surface area (Å²) in [5.74, 6) is -1.56. The van der Waals surface area contributed by atoms with E-state index in [4.69, 9.17) is 4.74 Å². The molecule has 0 saturated carbocycles. The molecule has 0 saturated heterocycles. The molecule has 0 aliphatic heterocycles. The minimum Gasteiger partial charge on any atom is -0.497 e. The SMILES string of the molecule is COc1ccc(CC(C)(O)CNS(=O)(=O)Cc2cc(F)ccc2F)cc1. The third-order valence-corrected chi connectivity index (χ3v) is 5.05. The van der Waals surface area contributed by atoms with Gasteiger partial charge >= 0.3 is 0 Å². The molecule has 2 N–H and O–H groups in total. The molecule has 0 aliphatic carbocycles. The highest BCUT2D eigenvalue weighted by Crippen LogP contribution is 2.18. The van der Waals surface area contributed by atoms with E-state index in [0.717, 1.165) is 23.8 Å². The van der Waals surface area contributed by atoms with E-state index >= 15 is 0 Å². The fourth-order valence-corrected chi connectivity index (χ4v) is 3.68. The first-order valence-corrected chi connectivity index (χ1v) is 9.52. The quantitative estimate of drug-likeness (QED) is 0.732. The van der Waals surface area contributed by atoms with Crippen molar-refractivity contribution in [1.82, 2.24) is 4.72 Å². The normalized spacial score (nSPS) is 14.0. The van der Waals surface area contributed by atoms with Crippen LogP contribution in [-0.2, 0) is 22.2 Å². The lowest BCUT2D eigenvalue weighted by Crippen LogP contribution is -2.42. The van der Waals surface area contributed by atoms with Crippen LogP contribution in [0.25, 0.3) is 0 Å². The first-order chi connectivity index (χ1) is 12.1. The Morgan fingerprint density at radius 1 is 1.15 bits per heavy atom. The van der Waals surface area contributed by atoms with E-state index in [1.54, 1.807) is 31.4 Å². The van der Waals surface area contributed by atoms with E-state index in [2.05, 4.69) is 4.72 Å². The summed E-state index contributed by atoms with van der Waals surface area (Å²) in [6, 6.07) is 9.64. The van der Waals surface area contributed by atoms with Gasteiger partial charge in [-0.2, -0.15) is 0 Å². The highest BCUT2D eigenvalue weighted by atomic mass is 32.2. The monoisotopic (exact) mass is 385 g/mol. The molecule has 0 aromatic heterocycles. The van der Waals surface area contributed by atoms with Crippen LogP contribution in [0.5, 0.6) is 5.75 Å². The van der Waals surface area contributed by atoms with Gasteiger partial charge in [-0.25, -0.2) is 21.9 Å². The second-order valence-electron chi connectivity index (χ2n) is 6.34. The van der Waals surface area contributed by atoms with E-state index in [0.29, 0.717) is 5.75 Å². The summed E-state index contributed by atoms with van der Waals surface area (Å²) in [5, 5.41) is 10.4. The van der Waals surface area contributed by atoms with Crippen molar-refractivity contribution in [2.24, 2.45) is 0 Å². The van der Waals surface area contributed by atoms with Crippen LogP contribution >= 0.6 is 0 Å². The zero-order valence-electron chi connectivity index (χ0n) is 14.5. The van der Waals surface area contributed by atoms with E-state index < -0.39 is 33.0 Å². The molecule has 0 radical (unpaired) electrons. The average Bonchev–Trinajstić information content (AvgIpc) is 2.57. The van der Waals surface area contributed by atoms with Gasteiger partial charge in [0.2, 0.25) is 10.0 Å². The van der Waals surface area contributed by atoms with Crippen molar-refractivity contribution >= 4 is 10.0 Å². The lowest BCUT2D eigenvalue weighted by molar-refractivity contribution is 0.0657. The first kappa shape index (κ1) is 20.3. The molecule has 0 fully saturated rings. The summed E-state index contributed by atoms with van der Waals surface area (Å²) in [7, 11) is -2.40. The lowest BCUT2D eigenvalue weighted by Gasteiger charge is -2.24. The van der Waals surface area contributed by atoms with Crippen molar-refractivity contribution in [2.75, 3.05) is 13.7 Å². The minimum atomic E-state index is -3.95. The third-order valence-electron chi connectivity index (χ3n) is 3.77. The number of nitrogens with one attached hydrogen (secondary N) is 1. The van der Waals surface area contributed by atoms with Crippen LogP contribution in [0.15, 0.2) is 42.5 Å². The Labute approximate surface area is 151 Å². The molecule has 1 atom stereocenters. The predicted octanol–water partition coefficient (Wildman–Crippen LogP) is 2.39. The number of halogens is 2. The Kier molecular flexibility index (Phi) is 6.33. The van der Waals surface area contributed by atoms with Crippen LogP contribution in [0.4, 0.5) is 8.78 Å². The molecule has 1 unspecified atom stereocenters. The molecule has 2 aromatic carbocycles. The third kappa shape index (κ3) is 6.05. The summed E-state index contributed by atoms with van der Waals surface area (Å²) in [6.45, 7) is 1.22. The number of aliphatic hydroxyl groups is 1. The van der Waals surface area contributed by atoms with Crippen molar-refractivity contribution in [3.63, 3.8) is 0 Å². The van der Waals surface area contributed by atoms with Crippen LogP contribution in [0.3, 0.4) is 0 Å². The number of hydrogen-bond donors (Lipinski definition) is 2. The van der Waals surface area contributed by atoms with E-state index in [-0.39, 0.29) is 18.5 Å². The van der Waals surface area contributed by atoms with Gasteiger partial charge in [0, 0.05) is 18.5 Å². The summed E-state index contributed by atoms with van der Waals surface area (Å²) in [5.41, 5.74) is -0.833. The van der Waals surface area contributed by atoms with E-state index in [9.17, 15) is 22.3 Å². The molecule has 0 bridgehead atoms. The van der Waals surface area contributed by atoms with Crippen LogP contribution in [0.2, 0.25) is 0 Å². The highest BCUT2D eigenvalue weighted by Gasteiger charge is 2.24. The van der Waals surface area contributed by atoms with E-state index in [1.165, 1.54) is 6.92 Å². The van der Waals surface area contributed by atoms with E-state index in [1.807, 2.05) is 0 Å². The number of hydrogen-bond acceptors (Lipinski definition) is 4. The topological polar surface area (TPSA) is 75.6 Å². The fourth-order valence-electron chi connectivity index (χ4n) is 2.42. The standard InChI is InChI=1S/C18H21F2NO4S/c1-18(22,10-13-3-6-16(25-2)7-4-13)12-21-26(23,24)11-14-9-15(19)5-8-17(14)20/h3-9,21-22H,10-12H2,1-2H3. The summed E-state index contributed by atoms with van der Waals surface area (Å²) in [4.78, 5) is 0. The fraction of sp³-hybridized carbons (Fsp3) is 0.333. The average molecular weight is 385 g/mol. The second-order valence-corrected chi connectivity index (χ2v) is 8.14. The molecular formula is C18H21F2NO4S. The lowest BCUT2D eigenvalue weighted by atomic mass is 9.97. The van der Waals surface area contributed by atoms with Crippen molar-refractivity contribution in [2.45, 2.75) is 24.7 Å². The van der Waals surface area contributed by atoms with Crippen LogP contribution in [0.1, 0.15) is 18.1 Å². The number of rotatable bonds is 8. The van der Waals surface area contributed by atoms with Crippen molar-refractivity contribution in [3.05, 3.63) is 65.2 Å². The summed E-state index contributed by atoms with van der Waals surface area (Å²) >= 11 is 0. The number of ether oxygens (including phenoxy) is 1. The van der Waals surface area contributed by atoms with Crippen LogP contribution in [0, 0.1) is 11.6 Å². The van der Waals surface area contributed by atoms with Gasteiger partial charge < -0.3 is 9.84 Å². The van der Waals surface area contributed by atoms with Crippen molar-refractivity contribution < 1.29 is 27.0 Å². The molecule has 0 spiro atoms. The predicted molar refractivity (Wildman–Crippen MR) is 94.3 cm³/mol. The van der Waals surface area contributed by atoms with Crippen molar-refractivity contribution in [1.29, 1.82) is 0 Å². The van der Waals surface area contributed by atoms with Gasteiger partial charge in [-0.15, -0.1) is 0 Å². The molecule has 2 aromatic rings. The van der Waals surface area contributed by atoms with Gasteiger partial charge in [0.15, 0.2) is 0 Å². The highest BCUT2D eigenvalue weighted by molar-refractivity contribution is 7.88. The molecular weight excluding hydrogens is 364 g/mol. The van der Waals surface area contributed by atoms with Crippen LogP contribution in [-0.4, -0.2) is 32.8 Å². The van der Waals surface area contributed by atoms with Crippen molar-refractivity contribution in [3.8, 4) is 5.75 Å². The Morgan fingerprint density at radius 2 is 1.81 bits per heavy atom. The van der Waals surface area contributed by atoms with Gasteiger partial charge in [-0.1, -0.05) is 12.1 Å². The Hall–Kier alpha value is -2.03. The number of sulfonamides is 1. The van der Waals surface area contributed by atoms with Gasteiger partial charge in [0.25, 0.3) is 0 Å². The maximum absolute atomic E-state index is 13.6.